The number of aromatic hydroxyl groups is 1. The average Bonchev–Trinajstić information content (AvgIpc) is 2.85. The zero-order valence-corrected chi connectivity index (χ0v) is 17.4. The summed E-state index contributed by atoms with van der Waals surface area (Å²) in [4.78, 5) is 0. The van der Waals surface area contributed by atoms with Gasteiger partial charge < -0.3 is 24.1 Å². The van der Waals surface area contributed by atoms with Crippen molar-refractivity contribution < 1.29 is 24.1 Å². The Bertz CT molecular complexity index is 902. The molecule has 0 saturated carbocycles. The fourth-order valence-electron chi connectivity index (χ4n) is 3.36. The van der Waals surface area contributed by atoms with Crippen LogP contribution in [0.2, 0.25) is 18.1 Å². The van der Waals surface area contributed by atoms with Crippen molar-refractivity contribution in [3.63, 3.8) is 0 Å². The highest BCUT2D eigenvalue weighted by Crippen LogP contribution is 2.54. The molecule has 0 bridgehead atoms. The predicted molar refractivity (Wildman–Crippen MR) is 105 cm³/mol. The Balaban J connectivity index is 1.69. The minimum absolute atomic E-state index is 0.0730. The van der Waals surface area contributed by atoms with Gasteiger partial charge in [-0.05, 0) is 42.4 Å². The van der Waals surface area contributed by atoms with Gasteiger partial charge in [-0.2, -0.15) is 0 Å². The van der Waals surface area contributed by atoms with Gasteiger partial charge in [0, 0.05) is 23.3 Å². The molecule has 0 amide bonds. The van der Waals surface area contributed by atoms with Crippen molar-refractivity contribution in [2.24, 2.45) is 0 Å². The number of phenols is 1. The van der Waals surface area contributed by atoms with E-state index in [0.29, 0.717) is 17.1 Å². The molecule has 0 aromatic heterocycles. The molecule has 0 radical (unpaired) electrons. The smallest absolute Gasteiger partial charge is 0.250 e. The van der Waals surface area contributed by atoms with E-state index in [1.807, 2.05) is 18.2 Å². The van der Waals surface area contributed by atoms with Gasteiger partial charge in [0.2, 0.25) is 8.32 Å². The fraction of sp³-hybridized carbons (Fsp3) is 0.429. The van der Waals surface area contributed by atoms with Crippen LogP contribution in [0.15, 0.2) is 36.4 Å². The molecule has 0 aliphatic carbocycles. The van der Waals surface area contributed by atoms with E-state index >= 15 is 0 Å². The third-order valence-electron chi connectivity index (χ3n) is 6.00. The highest BCUT2D eigenvalue weighted by molar-refractivity contribution is 6.74. The molecule has 4 rings (SSSR count). The van der Waals surface area contributed by atoms with Crippen molar-refractivity contribution in [2.45, 2.75) is 50.6 Å². The van der Waals surface area contributed by atoms with E-state index in [1.165, 1.54) is 0 Å². The van der Waals surface area contributed by atoms with Gasteiger partial charge >= 0.3 is 0 Å². The number of phenolic OH excluding ortho intramolecular Hbond substituents is 1. The largest absolute Gasteiger partial charge is 0.543 e. The molecule has 2 aliphatic heterocycles. The molecule has 2 N–H and O–H groups in total. The maximum atomic E-state index is 11.3. The molecular formula is C21H26O5Si. The average molecular weight is 387 g/mol. The van der Waals surface area contributed by atoms with Gasteiger partial charge in [0.25, 0.3) is 0 Å². The van der Waals surface area contributed by atoms with Crippen molar-refractivity contribution in [2.75, 3.05) is 6.61 Å². The van der Waals surface area contributed by atoms with Gasteiger partial charge in [0.15, 0.2) is 11.7 Å². The lowest BCUT2D eigenvalue weighted by Crippen LogP contribution is -2.43. The van der Waals surface area contributed by atoms with E-state index in [-0.39, 0.29) is 17.4 Å². The highest BCUT2D eigenvalue weighted by Gasteiger charge is 2.53. The summed E-state index contributed by atoms with van der Waals surface area (Å²) in [5, 5.41) is 21.1. The van der Waals surface area contributed by atoms with Gasteiger partial charge in [-0.3, -0.25) is 0 Å². The summed E-state index contributed by atoms with van der Waals surface area (Å²) in [7, 11) is -1.97. The first-order valence-electron chi connectivity index (χ1n) is 9.20. The molecule has 2 heterocycles. The monoisotopic (exact) mass is 386 g/mol. The summed E-state index contributed by atoms with van der Waals surface area (Å²) >= 11 is 0. The maximum absolute atomic E-state index is 11.3. The van der Waals surface area contributed by atoms with Crippen LogP contribution in [0.25, 0.3) is 0 Å². The molecule has 2 aromatic carbocycles. The standard InChI is InChI=1S/C21H26O5Si/c1-20(2,3)27(4,5)26-14-7-9-16-18(11-14)25-19-15-8-6-13(22)10-17(15)24-12-21(16,19)23/h6-11,19,22-23H,12H2,1-5H3/t19-,21+/m0/s1. The van der Waals surface area contributed by atoms with Gasteiger partial charge in [-0.25, -0.2) is 0 Å². The third kappa shape index (κ3) is 2.78. The van der Waals surface area contributed by atoms with E-state index in [4.69, 9.17) is 13.9 Å². The lowest BCUT2D eigenvalue weighted by molar-refractivity contribution is -0.0864. The summed E-state index contributed by atoms with van der Waals surface area (Å²) < 4.78 is 18.2. The first kappa shape index (κ1) is 18.2. The molecule has 27 heavy (non-hydrogen) atoms. The molecule has 0 saturated heterocycles. The fourth-order valence-corrected chi connectivity index (χ4v) is 4.38. The van der Waals surface area contributed by atoms with Crippen LogP contribution in [0.3, 0.4) is 0 Å². The van der Waals surface area contributed by atoms with Crippen molar-refractivity contribution in [3.05, 3.63) is 47.5 Å². The van der Waals surface area contributed by atoms with E-state index in [1.54, 1.807) is 18.2 Å². The van der Waals surface area contributed by atoms with Crippen LogP contribution in [0.1, 0.15) is 38.0 Å². The zero-order chi connectivity index (χ0) is 19.6. The number of ether oxygens (including phenoxy) is 2. The summed E-state index contributed by atoms with van der Waals surface area (Å²) in [6.07, 6.45) is -0.569. The van der Waals surface area contributed by atoms with Crippen LogP contribution >= 0.6 is 0 Å². The molecular weight excluding hydrogens is 360 g/mol. The Kier molecular flexibility index (Phi) is 3.81. The molecule has 2 aromatic rings. The van der Waals surface area contributed by atoms with Crippen molar-refractivity contribution in [1.29, 1.82) is 0 Å². The molecule has 0 unspecified atom stereocenters. The Morgan fingerprint density at radius 2 is 1.85 bits per heavy atom. The predicted octanol–water partition coefficient (Wildman–Crippen LogP) is 4.49. The Hall–Kier alpha value is -2.18. The first-order chi connectivity index (χ1) is 12.5. The minimum Gasteiger partial charge on any atom is -0.543 e. The van der Waals surface area contributed by atoms with E-state index in [9.17, 15) is 10.2 Å². The van der Waals surface area contributed by atoms with Crippen molar-refractivity contribution in [3.8, 4) is 23.0 Å². The third-order valence-corrected chi connectivity index (χ3v) is 10.4. The highest BCUT2D eigenvalue weighted by atomic mass is 28.4. The molecule has 2 aliphatic rings. The lowest BCUT2D eigenvalue weighted by Gasteiger charge is -2.36. The molecule has 5 nitrogen and oxygen atoms in total. The quantitative estimate of drug-likeness (QED) is 0.745. The molecule has 6 heteroatoms. The Morgan fingerprint density at radius 3 is 2.56 bits per heavy atom. The normalized spacial score (nSPS) is 23.6. The van der Waals surface area contributed by atoms with Crippen molar-refractivity contribution >= 4 is 8.32 Å². The van der Waals surface area contributed by atoms with Crippen LogP contribution in [0, 0.1) is 0 Å². The zero-order valence-electron chi connectivity index (χ0n) is 16.4. The Morgan fingerprint density at radius 1 is 1.11 bits per heavy atom. The number of benzene rings is 2. The number of hydrogen-bond acceptors (Lipinski definition) is 5. The lowest BCUT2D eigenvalue weighted by atomic mass is 9.85. The van der Waals surface area contributed by atoms with Crippen LogP contribution in [0.4, 0.5) is 0 Å². The molecule has 2 atom stereocenters. The number of aliphatic hydroxyl groups is 1. The number of fused-ring (bicyclic) bond motifs is 5. The molecule has 0 fully saturated rings. The minimum atomic E-state index is -1.97. The second-order valence-electron chi connectivity index (χ2n) is 8.95. The number of rotatable bonds is 2. The summed E-state index contributed by atoms with van der Waals surface area (Å²) in [6.45, 7) is 11.1. The van der Waals surface area contributed by atoms with Crippen LogP contribution in [-0.2, 0) is 5.60 Å². The molecule has 0 spiro atoms. The van der Waals surface area contributed by atoms with Gasteiger partial charge in [0.1, 0.15) is 29.6 Å². The van der Waals surface area contributed by atoms with Crippen LogP contribution < -0.4 is 13.9 Å². The summed E-state index contributed by atoms with van der Waals surface area (Å²) in [5.74, 6) is 2.03. The van der Waals surface area contributed by atoms with Gasteiger partial charge in [-0.15, -0.1) is 0 Å². The van der Waals surface area contributed by atoms with Crippen LogP contribution in [-0.4, -0.2) is 25.1 Å². The second kappa shape index (κ2) is 5.66. The first-order valence-corrected chi connectivity index (χ1v) is 12.1. The second-order valence-corrected chi connectivity index (χ2v) is 13.7. The van der Waals surface area contributed by atoms with Gasteiger partial charge in [-0.1, -0.05) is 20.8 Å². The van der Waals surface area contributed by atoms with E-state index < -0.39 is 20.0 Å². The topological polar surface area (TPSA) is 68.2 Å². The van der Waals surface area contributed by atoms with E-state index in [0.717, 1.165) is 11.3 Å². The van der Waals surface area contributed by atoms with Crippen LogP contribution in [0.5, 0.6) is 23.0 Å². The Labute approximate surface area is 160 Å². The molecule has 144 valence electrons. The number of hydrogen-bond donors (Lipinski definition) is 2. The van der Waals surface area contributed by atoms with Crippen molar-refractivity contribution in [1.82, 2.24) is 0 Å². The van der Waals surface area contributed by atoms with Gasteiger partial charge in [0.05, 0.1) is 0 Å². The maximum Gasteiger partial charge on any atom is 0.250 e. The van der Waals surface area contributed by atoms with E-state index in [2.05, 4.69) is 33.9 Å². The summed E-state index contributed by atoms with van der Waals surface area (Å²) in [6, 6.07) is 10.5. The SMILES string of the molecule is CC(C)(C)[Si](C)(C)Oc1ccc2c(c1)O[C@H]1c3ccc(O)cc3OC[C@@]21O. The summed E-state index contributed by atoms with van der Waals surface area (Å²) in [5.41, 5.74) is 0.174.